The number of hydrogen-bond donors (Lipinski definition) is 1. The number of halogens is 8. The second kappa shape index (κ2) is 23.7. The molecule has 0 atom stereocenters. The molecule has 10 rings (SSSR count). The topological polar surface area (TPSA) is 136 Å². The molecule has 2 spiro atoms. The van der Waals surface area contributed by atoms with Gasteiger partial charge in [0.1, 0.15) is 29.3 Å². The van der Waals surface area contributed by atoms with Gasteiger partial charge in [-0.25, -0.2) is 9.59 Å². The maximum Gasteiger partial charge on any atom is 0.418 e. The Bertz CT molecular complexity index is 2900. The highest BCUT2D eigenvalue weighted by atomic mass is 35.5. The van der Waals surface area contributed by atoms with Crippen molar-refractivity contribution in [1.82, 2.24) is 30.0 Å². The molecule has 1 N–H and O–H groups in total. The van der Waals surface area contributed by atoms with Crippen LogP contribution in [0, 0.1) is 10.8 Å². The number of piperidine rings is 2. The smallest absolute Gasteiger partial charge is 0.418 e. The summed E-state index contributed by atoms with van der Waals surface area (Å²) < 4.78 is 98.0. The van der Waals surface area contributed by atoms with E-state index in [1.165, 1.54) is 10.5 Å². The molecule has 4 aromatic carbocycles. The summed E-state index contributed by atoms with van der Waals surface area (Å²) in [7, 11) is 0. The third-order valence-electron chi connectivity index (χ3n) is 13.2. The second-order valence-electron chi connectivity index (χ2n) is 18.7. The molecular weight excluding hydrogens is 1030 g/mol. The van der Waals surface area contributed by atoms with Crippen LogP contribution < -0.4 is 24.3 Å². The Labute approximate surface area is 438 Å². The lowest BCUT2D eigenvalue weighted by Crippen LogP contribution is -2.60. The molecule has 2 aromatic heterocycles. The predicted octanol–water partition coefficient (Wildman–Crippen LogP) is 12.9. The van der Waals surface area contributed by atoms with E-state index in [4.69, 9.17) is 42.1 Å². The number of nitrogens with zero attached hydrogens (tertiary/aromatic N) is 5. The number of pyridine rings is 2. The Kier molecular flexibility index (Phi) is 17.2. The molecule has 0 radical (unpaired) electrons. The summed E-state index contributed by atoms with van der Waals surface area (Å²) in [4.78, 5) is 47.4. The lowest BCUT2D eigenvalue weighted by molar-refractivity contribution is -0.138. The number of nitrogens with one attached hydrogen (secondary N) is 1. The number of likely N-dealkylation sites (tertiary alicyclic amines) is 3. The van der Waals surface area contributed by atoms with Crippen LogP contribution in [0.3, 0.4) is 0 Å². The summed E-state index contributed by atoms with van der Waals surface area (Å²) in [6, 6.07) is 30.8. The van der Waals surface area contributed by atoms with Crippen LogP contribution in [0.5, 0.6) is 34.5 Å². The number of carbonyl (C=O) groups excluding carboxylic acids is 3. The molecule has 0 unspecified atom stereocenters. The van der Waals surface area contributed by atoms with Gasteiger partial charge >= 0.3 is 24.5 Å². The fourth-order valence-corrected chi connectivity index (χ4v) is 9.31. The van der Waals surface area contributed by atoms with Crippen molar-refractivity contribution in [1.29, 1.82) is 0 Å². The molecule has 21 heteroatoms. The van der Waals surface area contributed by atoms with E-state index in [2.05, 4.69) is 20.2 Å². The molecule has 4 aliphatic heterocycles. The van der Waals surface area contributed by atoms with Crippen LogP contribution in [0.25, 0.3) is 0 Å². The number of amides is 2. The third kappa shape index (κ3) is 15.1. The number of aromatic nitrogens is 2. The minimum absolute atomic E-state index is 0.157. The summed E-state index contributed by atoms with van der Waals surface area (Å²) in [5, 5.41) is 4.48. The highest BCUT2D eigenvalue weighted by Gasteiger charge is 2.46. The molecule has 2 amide bonds. The van der Waals surface area contributed by atoms with Gasteiger partial charge in [-0.2, -0.15) is 26.3 Å². The van der Waals surface area contributed by atoms with E-state index < -0.39 is 35.7 Å². The van der Waals surface area contributed by atoms with Crippen LogP contribution in [-0.4, -0.2) is 95.5 Å². The Balaban J connectivity index is 0.000000166. The lowest BCUT2D eigenvalue weighted by Gasteiger charge is -2.54. The van der Waals surface area contributed by atoms with Crippen molar-refractivity contribution in [3.8, 4) is 34.5 Å². The number of carbonyl (C=O) groups is 3. The molecule has 13 nitrogen and oxygen atoms in total. The first kappa shape index (κ1) is 54.3. The van der Waals surface area contributed by atoms with E-state index in [1.54, 1.807) is 53.4 Å². The van der Waals surface area contributed by atoms with Gasteiger partial charge in [-0.3, -0.25) is 19.7 Å². The molecule has 75 heavy (non-hydrogen) atoms. The average Bonchev–Trinajstić information content (AvgIpc) is 3.37. The average molecular weight is 1080 g/mol. The SMILES string of the molecule is O=C(Oc1cncc(C(F)(F)F)c1)N1CCC2(CC1)CN(Cc1ccc(Oc3cccc(Cl)c3)cc1)C2.O=C(Oc1cncc(C(F)(F)F)c1)N1CCC2(CC1)CNC2.O=Cc1ccc(Oc2cccc(Cl)c2)cc1. The van der Waals surface area contributed by atoms with E-state index in [-0.39, 0.29) is 22.3 Å². The van der Waals surface area contributed by atoms with Crippen LogP contribution in [0.4, 0.5) is 35.9 Å². The van der Waals surface area contributed by atoms with Crippen molar-refractivity contribution in [3.63, 3.8) is 0 Å². The van der Waals surface area contributed by atoms with E-state index in [0.29, 0.717) is 71.4 Å². The third-order valence-corrected chi connectivity index (χ3v) is 13.7. The molecule has 6 aromatic rings. The maximum atomic E-state index is 12.9. The fraction of sp³-hybridized carbons (Fsp3) is 0.315. The van der Waals surface area contributed by atoms with Crippen LogP contribution >= 0.6 is 23.2 Å². The van der Waals surface area contributed by atoms with Gasteiger partial charge < -0.3 is 34.1 Å². The summed E-state index contributed by atoms with van der Waals surface area (Å²) >= 11 is 11.8. The van der Waals surface area contributed by atoms with Crippen molar-refractivity contribution in [2.45, 2.75) is 44.6 Å². The number of hydrogen-bond acceptors (Lipinski definition) is 11. The molecule has 0 aliphatic carbocycles. The molecule has 0 bridgehead atoms. The van der Waals surface area contributed by atoms with E-state index >= 15 is 0 Å². The zero-order valence-corrected chi connectivity index (χ0v) is 41.6. The maximum absolute atomic E-state index is 12.9. The fourth-order valence-electron chi connectivity index (χ4n) is 8.95. The van der Waals surface area contributed by atoms with Crippen LogP contribution in [0.15, 0.2) is 134 Å². The van der Waals surface area contributed by atoms with E-state index in [9.17, 15) is 40.7 Å². The zero-order valence-electron chi connectivity index (χ0n) is 40.1. The van der Waals surface area contributed by atoms with Crippen molar-refractivity contribution in [2.24, 2.45) is 10.8 Å². The first-order valence-electron chi connectivity index (χ1n) is 23.8. The largest absolute Gasteiger partial charge is 0.457 e. The van der Waals surface area contributed by atoms with Crippen molar-refractivity contribution >= 4 is 41.7 Å². The first-order chi connectivity index (χ1) is 35.8. The molecule has 4 saturated heterocycles. The normalized spacial score (nSPS) is 16.7. The Morgan fingerprint density at radius 1 is 0.573 bits per heavy atom. The van der Waals surface area contributed by atoms with Crippen molar-refractivity contribution in [2.75, 3.05) is 52.4 Å². The minimum Gasteiger partial charge on any atom is -0.457 e. The van der Waals surface area contributed by atoms with Gasteiger partial charge in [-0.05, 0) is 127 Å². The van der Waals surface area contributed by atoms with E-state index in [1.807, 2.05) is 48.5 Å². The molecule has 4 fully saturated rings. The van der Waals surface area contributed by atoms with Gasteiger partial charge in [0.25, 0.3) is 0 Å². The lowest BCUT2D eigenvalue weighted by atomic mass is 9.72. The van der Waals surface area contributed by atoms with Crippen LogP contribution in [-0.2, 0) is 18.9 Å². The Morgan fingerprint density at radius 3 is 1.41 bits per heavy atom. The number of ether oxygens (including phenoxy) is 4. The van der Waals surface area contributed by atoms with E-state index in [0.717, 1.165) is 95.0 Å². The highest BCUT2D eigenvalue weighted by molar-refractivity contribution is 6.31. The van der Waals surface area contributed by atoms with Gasteiger partial charge in [-0.1, -0.05) is 47.5 Å². The predicted molar refractivity (Wildman–Crippen MR) is 266 cm³/mol. The molecule has 4 aliphatic rings. The van der Waals surface area contributed by atoms with Gasteiger partial charge in [0.05, 0.1) is 23.5 Å². The number of benzene rings is 4. The Morgan fingerprint density at radius 2 is 1.01 bits per heavy atom. The molecule has 6 heterocycles. The van der Waals surface area contributed by atoms with Gasteiger partial charge in [-0.15, -0.1) is 0 Å². The van der Waals surface area contributed by atoms with Gasteiger partial charge in [0.15, 0.2) is 11.5 Å². The number of aldehydes is 1. The molecular formula is C54H50Cl2F6N6O7. The standard InChI is InChI=1S/C27H25ClF3N3O3.C14H16F3N3O2.C13H9ClO2/c28-21-2-1-3-23(13-21)36-22-6-4-19(5-7-22)16-33-17-26(18-33)8-10-34(11-9-26)25(35)37-24-12-20(14-32-15-24)27(29,30)31;15-14(16,17)10-5-11(7-18-6-10)22-12(21)20-3-1-13(2-4-20)8-19-9-13;14-11-2-1-3-13(8-11)16-12-6-4-10(9-15)5-7-12/h1-7,12-15H,8-11,16-18H2;5-7,19H,1-4,8-9H2;1-9H. The second-order valence-corrected chi connectivity index (χ2v) is 19.6. The molecule has 0 saturated carbocycles. The van der Waals surface area contributed by atoms with Gasteiger partial charge in [0.2, 0.25) is 0 Å². The highest BCUT2D eigenvalue weighted by Crippen LogP contribution is 2.42. The van der Waals surface area contributed by atoms with Crippen LogP contribution in [0.1, 0.15) is 52.7 Å². The zero-order chi connectivity index (χ0) is 53.2. The van der Waals surface area contributed by atoms with Crippen molar-refractivity contribution in [3.05, 3.63) is 166 Å². The molecule has 394 valence electrons. The number of alkyl halides is 6. The summed E-state index contributed by atoms with van der Waals surface area (Å²) in [5.74, 6) is 2.38. The van der Waals surface area contributed by atoms with Crippen molar-refractivity contribution < 1.29 is 59.7 Å². The quantitative estimate of drug-likeness (QED) is 0.109. The Hall–Kier alpha value is -6.93. The summed E-state index contributed by atoms with van der Waals surface area (Å²) in [5.41, 5.74) is 0.366. The minimum atomic E-state index is -4.55. The summed E-state index contributed by atoms with van der Waals surface area (Å²) in [6.07, 6.45) is -2.49. The summed E-state index contributed by atoms with van der Waals surface area (Å²) in [6.45, 7) is 6.78. The first-order valence-corrected chi connectivity index (χ1v) is 24.5. The van der Waals surface area contributed by atoms with Gasteiger partial charge in [0, 0.05) is 86.9 Å². The monoisotopic (exact) mass is 1080 g/mol. The number of rotatable bonds is 9. The van der Waals surface area contributed by atoms with Crippen LogP contribution in [0.2, 0.25) is 10.0 Å².